The molecular weight excluding hydrogens is 455 g/mol. The van der Waals surface area contributed by atoms with Crippen LogP contribution in [0.2, 0.25) is 0 Å². The quantitative estimate of drug-likeness (QED) is 0.583. The molecular formula is C22H24F3N5O2S. The fourth-order valence-electron chi connectivity index (χ4n) is 3.57. The summed E-state index contributed by atoms with van der Waals surface area (Å²) in [6, 6.07) is 5.52. The van der Waals surface area contributed by atoms with Gasteiger partial charge in [-0.3, -0.25) is 13.6 Å². The molecule has 1 unspecified atom stereocenters. The molecule has 3 heterocycles. The number of benzene rings is 1. The SMILES string of the molecule is CN.Cn1c(=O)c(C2=CCS(=O)CC2)cc2c(NCc3cccc(C(F)F)c3F)ncnc21. The molecule has 1 aliphatic heterocycles. The molecule has 0 spiro atoms. The summed E-state index contributed by atoms with van der Waals surface area (Å²) in [5.41, 5.74) is 5.35. The van der Waals surface area contributed by atoms with Crippen molar-refractivity contribution in [2.75, 3.05) is 23.9 Å². The van der Waals surface area contributed by atoms with E-state index in [1.54, 1.807) is 13.1 Å². The second kappa shape index (κ2) is 10.7. The summed E-state index contributed by atoms with van der Waals surface area (Å²) in [6.45, 7) is -0.0711. The van der Waals surface area contributed by atoms with Crippen molar-refractivity contribution in [3.8, 4) is 0 Å². The molecule has 1 atom stereocenters. The lowest BCUT2D eigenvalue weighted by atomic mass is 10.0. The van der Waals surface area contributed by atoms with Crippen molar-refractivity contribution in [3.63, 3.8) is 0 Å². The maximum absolute atomic E-state index is 14.4. The summed E-state index contributed by atoms with van der Waals surface area (Å²) in [7, 11) is 2.17. The number of pyridine rings is 1. The number of hydrogen-bond acceptors (Lipinski definition) is 6. The third-order valence-electron chi connectivity index (χ3n) is 5.25. The molecule has 33 heavy (non-hydrogen) atoms. The molecule has 0 amide bonds. The van der Waals surface area contributed by atoms with E-state index in [9.17, 15) is 22.2 Å². The van der Waals surface area contributed by atoms with E-state index in [1.807, 2.05) is 6.08 Å². The minimum Gasteiger partial charge on any atom is -0.365 e. The van der Waals surface area contributed by atoms with Crippen LogP contribution in [0.1, 0.15) is 29.5 Å². The number of nitrogens with one attached hydrogen (secondary N) is 1. The molecule has 0 saturated heterocycles. The predicted octanol–water partition coefficient (Wildman–Crippen LogP) is 3.13. The molecule has 3 aromatic rings. The van der Waals surface area contributed by atoms with Crippen molar-refractivity contribution in [1.29, 1.82) is 0 Å². The third-order valence-corrected chi connectivity index (χ3v) is 6.45. The molecule has 11 heteroatoms. The predicted molar refractivity (Wildman–Crippen MR) is 124 cm³/mol. The van der Waals surface area contributed by atoms with Crippen LogP contribution in [0.4, 0.5) is 19.0 Å². The van der Waals surface area contributed by atoms with E-state index in [-0.39, 0.29) is 17.7 Å². The van der Waals surface area contributed by atoms with E-state index in [2.05, 4.69) is 21.0 Å². The second-order valence-corrected chi connectivity index (χ2v) is 8.77. The Bertz CT molecular complexity index is 1280. The van der Waals surface area contributed by atoms with Crippen LogP contribution in [0.3, 0.4) is 0 Å². The van der Waals surface area contributed by atoms with Gasteiger partial charge in [0.05, 0.1) is 10.9 Å². The monoisotopic (exact) mass is 479 g/mol. The maximum atomic E-state index is 14.4. The number of allylic oxidation sites excluding steroid dienone is 1. The van der Waals surface area contributed by atoms with Crippen LogP contribution >= 0.6 is 0 Å². The van der Waals surface area contributed by atoms with Gasteiger partial charge in [-0.2, -0.15) is 0 Å². The van der Waals surface area contributed by atoms with Crippen LogP contribution < -0.4 is 16.6 Å². The summed E-state index contributed by atoms with van der Waals surface area (Å²) in [5.74, 6) is 0.274. The zero-order chi connectivity index (χ0) is 24.1. The topological polar surface area (TPSA) is 103 Å². The van der Waals surface area contributed by atoms with Gasteiger partial charge >= 0.3 is 0 Å². The minimum atomic E-state index is -2.91. The highest BCUT2D eigenvalue weighted by molar-refractivity contribution is 7.85. The fourth-order valence-corrected chi connectivity index (χ4v) is 4.57. The summed E-state index contributed by atoms with van der Waals surface area (Å²) in [6.07, 6.45) is 0.702. The lowest BCUT2D eigenvalue weighted by Crippen LogP contribution is -2.23. The molecule has 0 aliphatic carbocycles. The third kappa shape index (κ3) is 5.14. The number of nitrogens with zero attached hydrogens (tertiary/aromatic N) is 3. The Hall–Kier alpha value is -3.05. The van der Waals surface area contributed by atoms with Gasteiger partial charge in [0.15, 0.2) is 0 Å². The van der Waals surface area contributed by atoms with Crippen molar-refractivity contribution in [2.24, 2.45) is 12.8 Å². The Balaban J connectivity index is 0.00000149. The first kappa shape index (κ1) is 24.6. The maximum Gasteiger partial charge on any atom is 0.266 e. The van der Waals surface area contributed by atoms with E-state index < -0.39 is 28.6 Å². The average molecular weight is 480 g/mol. The van der Waals surface area contributed by atoms with E-state index in [0.29, 0.717) is 40.3 Å². The van der Waals surface area contributed by atoms with Gasteiger partial charge < -0.3 is 11.1 Å². The van der Waals surface area contributed by atoms with Gasteiger partial charge in [-0.15, -0.1) is 0 Å². The van der Waals surface area contributed by atoms with Crippen LogP contribution in [0, 0.1) is 5.82 Å². The highest BCUT2D eigenvalue weighted by Gasteiger charge is 2.19. The van der Waals surface area contributed by atoms with Crippen LogP contribution in [-0.4, -0.2) is 37.3 Å². The van der Waals surface area contributed by atoms with Gasteiger partial charge in [0.2, 0.25) is 0 Å². The summed E-state index contributed by atoms with van der Waals surface area (Å²) in [4.78, 5) is 21.2. The van der Waals surface area contributed by atoms with Gasteiger partial charge in [0.25, 0.3) is 12.0 Å². The molecule has 4 rings (SSSR count). The Morgan fingerprint density at radius 3 is 2.70 bits per heavy atom. The fraction of sp³-hybridized carbons (Fsp3) is 0.318. The number of nitrogens with two attached hydrogens (primary N) is 1. The van der Waals surface area contributed by atoms with E-state index in [4.69, 9.17) is 0 Å². The van der Waals surface area contributed by atoms with Gasteiger partial charge in [-0.25, -0.2) is 23.1 Å². The van der Waals surface area contributed by atoms with E-state index in [1.165, 1.54) is 30.1 Å². The molecule has 0 bridgehead atoms. The number of halogens is 3. The second-order valence-electron chi connectivity index (χ2n) is 7.15. The molecule has 0 saturated carbocycles. The molecule has 0 radical (unpaired) electrons. The first-order chi connectivity index (χ1) is 15.9. The number of anilines is 1. The Kier molecular flexibility index (Phi) is 7.98. The van der Waals surface area contributed by atoms with Crippen LogP contribution in [0.5, 0.6) is 0 Å². The Morgan fingerprint density at radius 2 is 2.03 bits per heavy atom. The minimum absolute atomic E-state index is 0.0711. The van der Waals surface area contributed by atoms with Gasteiger partial charge in [0.1, 0.15) is 23.6 Å². The first-order valence-electron chi connectivity index (χ1n) is 10.1. The lowest BCUT2D eigenvalue weighted by molar-refractivity contribution is 0.146. The van der Waals surface area contributed by atoms with Gasteiger partial charge in [0, 0.05) is 47.0 Å². The number of aryl methyl sites for hydroxylation is 1. The van der Waals surface area contributed by atoms with Crippen molar-refractivity contribution in [2.45, 2.75) is 19.4 Å². The largest absolute Gasteiger partial charge is 0.365 e. The molecule has 7 nitrogen and oxygen atoms in total. The molecule has 0 fully saturated rings. The number of fused-ring (bicyclic) bond motifs is 1. The van der Waals surface area contributed by atoms with Crippen molar-refractivity contribution in [3.05, 3.63) is 69.5 Å². The van der Waals surface area contributed by atoms with Crippen molar-refractivity contribution < 1.29 is 17.4 Å². The van der Waals surface area contributed by atoms with Crippen LogP contribution in [0.15, 0.2) is 41.5 Å². The van der Waals surface area contributed by atoms with Crippen molar-refractivity contribution >= 4 is 33.2 Å². The number of alkyl halides is 2. The van der Waals surface area contributed by atoms with E-state index in [0.717, 1.165) is 11.6 Å². The zero-order valence-electron chi connectivity index (χ0n) is 18.1. The Morgan fingerprint density at radius 1 is 1.27 bits per heavy atom. The Labute approximate surface area is 191 Å². The zero-order valence-corrected chi connectivity index (χ0v) is 19.0. The highest BCUT2D eigenvalue weighted by atomic mass is 32.2. The number of hydrogen-bond donors (Lipinski definition) is 2. The smallest absolute Gasteiger partial charge is 0.266 e. The normalized spacial score (nSPS) is 15.7. The molecule has 176 valence electrons. The van der Waals surface area contributed by atoms with Crippen LogP contribution in [0.25, 0.3) is 16.6 Å². The summed E-state index contributed by atoms with van der Waals surface area (Å²) < 4.78 is 53.4. The lowest BCUT2D eigenvalue weighted by Gasteiger charge is -2.16. The standard InChI is InChI=1S/C21H19F3N4O2S.CH5N/c1-28-20-16(9-15(21(28)29)12-5-7-31(30)8-6-12)19(26-11-27-20)25-10-13-3-2-4-14(17(13)22)18(23)24;1-2/h2-5,9,11,18H,6-8,10H2,1H3,(H,25,26,27);2H2,1H3. The van der Waals surface area contributed by atoms with E-state index >= 15 is 0 Å². The number of rotatable bonds is 5. The average Bonchev–Trinajstić information content (AvgIpc) is 2.82. The molecule has 1 aliphatic rings. The van der Waals surface area contributed by atoms with Crippen LogP contribution in [-0.2, 0) is 24.4 Å². The summed E-state index contributed by atoms with van der Waals surface area (Å²) in [5, 5.41) is 3.51. The molecule has 2 aromatic heterocycles. The number of aromatic nitrogens is 3. The summed E-state index contributed by atoms with van der Waals surface area (Å²) >= 11 is 0. The molecule has 1 aromatic carbocycles. The van der Waals surface area contributed by atoms with Crippen molar-refractivity contribution in [1.82, 2.24) is 14.5 Å². The highest BCUT2D eigenvalue weighted by Crippen LogP contribution is 2.27. The molecule has 3 N–H and O–H groups in total. The first-order valence-corrected chi connectivity index (χ1v) is 11.6. The van der Waals surface area contributed by atoms with Gasteiger partial charge in [-0.05, 0) is 25.1 Å². The van der Waals surface area contributed by atoms with Gasteiger partial charge in [-0.1, -0.05) is 24.3 Å².